The fourth-order valence-corrected chi connectivity index (χ4v) is 2.93. The Bertz CT molecular complexity index is 329. The van der Waals surface area contributed by atoms with Gasteiger partial charge in [0.05, 0.1) is 25.0 Å². The summed E-state index contributed by atoms with van der Waals surface area (Å²) in [4.78, 5) is 24.2. The zero-order chi connectivity index (χ0) is 16.2. The fourth-order valence-electron chi connectivity index (χ4n) is 2.93. The second-order valence-corrected chi connectivity index (χ2v) is 5.97. The molecule has 5 heteroatoms. The van der Waals surface area contributed by atoms with E-state index in [1.54, 1.807) is 0 Å². The van der Waals surface area contributed by atoms with Crippen LogP contribution in [0.5, 0.6) is 0 Å². The fraction of sp³-hybridized carbons (Fsp3) is 0.882. The first kappa shape index (κ1) is 18.9. The summed E-state index contributed by atoms with van der Waals surface area (Å²) in [5, 5.41) is 8.72. The van der Waals surface area contributed by atoms with Crippen molar-refractivity contribution in [2.45, 2.75) is 64.7 Å². The lowest BCUT2D eigenvalue weighted by molar-refractivity contribution is -0.163. The molecule has 0 amide bonds. The van der Waals surface area contributed by atoms with Crippen molar-refractivity contribution < 1.29 is 24.2 Å². The number of carbonyl (C=O) groups is 2. The number of ether oxygens (including phenoxy) is 2. The van der Waals surface area contributed by atoms with Crippen molar-refractivity contribution in [1.82, 2.24) is 0 Å². The highest BCUT2D eigenvalue weighted by molar-refractivity contribution is 5.82. The maximum Gasteiger partial charge on any atom is 0.309 e. The highest BCUT2D eigenvalue weighted by Gasteiger charge is 2.37. The zero-order valence-corrected chi connectivity index (χ0v) is 13.7. The zero-order valence-electron chi connectivity index (χ0n) is 13.7. The Morgan fingerprint density at radius 1 is 0.909 bits per heavy atom. The summed E-state index contributed by atoms with van der Waals surface area (Å²) in [5.41, 5.74) is 0. The first-order valence-electron chi connectivity index (χ1n) is 8.64. The molecule has 0 saturated heterocycles. The van der Waals surface area contributed by atoms with Gasteiger partial charge in [-0.1, -0.05) is 45.4 Å². The Hall–Kier alpha value is -1.10. The van der Waals surface area contributed by atoms with Crippen LogP contribution in [0.1, 0.15) is 64.7 Å². The molecule has 1 fully saturated rings. The smallest absolute Gasteiger partial charge is 0.309 e. The van der Waals surface area contributed by atoms with Crippen molar-refractivity contribution in [3.63, 3.8) is 0 Å². The predicted octanol–water partition coefficient (Wildman–Crippen LogP) is 2.84. The molecule has 1 aliphatic rings. The van der Waals surface area contributed by atoms with Gasteiger partial charge in [0.1, 0.15) is 6.61 Å². The third-order valence-electron chi connectivity index (χ3n) is 4.20. The highest BCUT2D eigenvalue weighted by Crippen LogP contribution is 2.32. The van der Waals surface area contributed by atoms with Crippen LogP contribution in [-0.4, -0.2) is 36.9 Å². The van der Waals surface area contributed by atoms with E-state index in [9.17, 15) is 9.59 Å². The van der Waals surface area contributed by atoms with Crippen molar-refractivity contribution in [3.8, 4) is 0 Å². The molecule has 1 rings (SSSR count). The van der Waals surface area contributed by atoms with Gasteiger partial charge in [-0.3, -0.25) is 9.59 Å². The minimum atomic E-state index is -0.409. The quantitative estimate of drug-likeness (QED) is 0.496. The normalized spacial score (nSPS) is 21.4. The van der Waals surface area contributed by atoms with Crippen LogP contribution in [0.25, 0.3) is 0 Å². The average molecular weight is 314 g/mol. The van der Waals surface area contributed by atoms with Crippen LogP contribution < -0.4 is 0 Å². The molecular formula is C17H30O5. The Morgan fingerprint density at radius 2 is 1.45 bits per heavy atom. The Balaban J connectivity index is 2.34. The molecule has 128 valence electrons. The van der Waals surface area contributed by atoms with Crippen molar-refractivity contribution in [3.05, 3.63) is 0 Å². The lowest BCUT2D eigenvalue weighted by atomic mass is 9.79. The van der Waals surface area contributed by atoms with Gasteiger partial charge < -0.3 is 14.6 Å². The van der Waals surface area contributed by atoms with Crippen LogP contribution in [0.4, 0.5) is 0 Å². The number of esters is 2. The predicted molar refractivity (Wildman–Crippen MR) is 83.2 cm³/mol. The van der Waals surface area contributed by atoms with Gasteiger partial charge in [-0.25, -0.2) is 0 Å². The summed E-state index contributed by atoms with van der Waals surface area (Å²) in [7, 11) is 0. The number of rotatable bonds is 10. The van der Waals surface area contributed by atoms with Crippen LogP contribution >= 0.6 is 0 Å². The van der Waals surface area contributed by atoms with Gasteiger partial charge in [0.2, 0.25) is 0 Å². The number of carbonyl (C=O) groups excluding carboxylic acids is 2. The second kappa shape index (κ2) is 11.5. The molecule has 0 radical (unpaired) electrons. The van der Waals surface area contributed by atoms with Gasteiger partial charge in [0, 0.05) is 0 Å². The van der Waals surface area contributed by atoms with Gasteiger partial charge >= 0.3 is 11.9 Å². The van der Waals surface area contributed by atoms with E-state index < -0.39 is 5.92 Å². The van der Waals surface area contributed by atoms with E-state index in [2.05, 4.69) is 6.92 Å². The molecular weight excluding hydrogens is 284 g/mol. The molecule has 0 aliphatic heterocycles. The van der Waals surface area contributed by atoms with E-state index in [1.165, 1.54) is 19.3 Å². The van der Waals surface area contributed by atoms with Crippen LogP contribution in [0, 0.1) is 11.8 Å². The van der Waals surface area contributed by atoms with Gasteiger partial charge in [-0.05, 0) is 19.3 Å². The maximum absolute atomic E-state index is 12.2. The van der Waals surface area contributed by atoms with E-state index in [-0.39, 0.29) is 31.1 Å². The molecule has 0 aromatic heterocycles. The molecule has 0 aromatic rings. The molecule has 22 heavy (non-hydrogen) atoms. The van der Waals surface area contributed by atoms with E-state index in [1.807, 2.05) is 0 Å². The van der Waals surface area contributed by atoms with E-state index >= 15 is 0 Å². The topological polar surface area (TPSA) is 72.8 Å². The summed E-state index contributed by atoms with van der Waals surface area (Å²) >= 11 is 0. The number of hydrogen-bond donors (Lipinski definition) is 1. The Morgan fingerprint density at radius 3 is 2.00 bits per heavy atom. The Kier molecular flexibility index (Phi) is 9.87. The SMILES string of the molecule is CCCCCCCOC(=O)C1CCCCC1C(=O)OCCO. The van der Waals surface area contributed by atoms with Crippen LogP contribution in [0.3, 0.4) is 0 Å². The van der Waals surface area contributed by atoms with Crippen LogP contribution in [0.15, 0.2) is 0 Å². The third-order valence-corrected chi connectivity index (χ3v) is 4.20. The minimum absolute atomic E-state index is 0.00543. The molecule has 0 heterocycles. The standard InChI is InChI=1S/C17H30O5/c1-2-3-4-5-8-12-21-16(19)14-9-6-7-10-15(14)17(20)22-13-11-18/h14-15,18H,2-13H2,1H3. The van der Waals surface area contributed by atoms with E-state index in [0.29, 0.717) is 19.4 Å². The molecule has 1 aliphatic carbocycles. The third kappa shape index (κ3) is 6.77. The van der Waals surface area contributed by atoms with Gasteiger partial charge in [-0.15, -0.1) is 0 Å². The van der Waals surface area contributed by atoms with E-state index in [4.69, 9.17) is 14.6 Å². The summed E-state index contributed by atoms with van der Waals surface area (Å²) < 4.78 is 10.3. The summed E-state index contributed by atoms with van der Waals surface area (Å²) in [6, 6.07) is 0. The molecule has 5 nitrogen and oxygen atoms in total. The maximum atomic E-state index is 12.2. The van der Waals surface area contributed by atoms with Gasteiger partial charge in [0.25, 0.3) is 0 Å². The van der Waals surface area contributed by atoms with Crippen LogP contribution in [0.2, 0.25) is 0 Å². The van der Waals surface area contributed by atoms with Crippen molar-refractivity contribution in [2.75, 3.05) is 19.8 Å². The first-order valence-corrected chi connectivity index (χ1v) is 8.64. The van der Waals surface area contributed by atoms with Crippen molar-refractivity contribution in [2.24, 2.45) is 11.8 Å². The first-order chi connectivity index (χ1) is 10.7. The largest absolute Gasteiger partial charge is 0.465 e. The number of aliphatic hydroxyl groups excluding tert-OH is 1. The van der Waals surface area contributed by atoms with E-state index in [0.717, 1.165) is 25.7 Å². The van der Waals surface area contributed by atoms with Crippen molar-refractivity contribution >= 4 is 11.9 Å². The lowest BCUT2D eigenvalue weighted by Gasteiger charge is -2.28. The van der Waals surface area contributed by atoms with Gasteiger partial charge in [0.15, 0.2) is 0 Å². The highest BCUT2D eigenvalue weighted by atomic mass is 16.5. The Labute approximate surface area is 133 Å². The monoisotopic (exact) mass is 314 g/mol. The summed E-state index contributed by atoms with van der Waals surface area (Å²) in [6.45, 7) is 2.41. The minimum Gasteiger partial charge on any atom is -0.465 e. The van der Waals surface area contributed by atoms with Crippen LogP contribution in [-0.2, 0) is 19.1 Å². The van der Waals surface area contributed by atoms with Crippen molar-refractivity contribution in [1.29, 1.82) is 0 Å². The molecule has 1 N–H and O–H groups in total. The molecule has 2 atom stereocenters. The lowest BCUT2D eigenvalue weighted by Crippen LogP contribution is -2.35. The number of hydrogen-bond acceptors (Lipinski definition) is 5. The number of aliphatic hydroxyl groups is 1. The molecule has 0 aromatic carbocycles. The molecule has 0 bridgehead atoms. The average Bonchev–Trinajstić information content (AvgIpc) is 2.55. The number of unbranched alkanes of at least 4 members (excludes halogenated alkanes) is 4. The molecule has 1 saturated carbocycles. The van der Waals surface area contributed by atoms with Gasteiger partial charge in [-0.2, -0.15) is 0 Å². The molecule has 0 spiro atoms. The molecule has 2 unspecified atom stereocenters. The summed E-state index contributed by atoms with van der Waals surface area (Å²) in [5.74, 6) is -1.43. The summed E-state index contributed by atoms with van der Waals surface area (Å²) in [6.07, 6.45) is 8.78. The second-order valence-electron chi connectivity index (χ2n) is 5.97.